The smallest absolute Gasteiger partial charge is 0.299 e. The molecule has 0 saturated carbocycles. The van der Waals surface area contributed by atoms with E-state index in [1.54, 1.807) is 4.52 Å². The van der Waals surface area contributed by atoms with E-state index in [9.17, 15) is 4.79 Å². The van der Waals surface area contributed by atoms with Gasteiger partial charge < -0.3 is 10.5 Å². The van der Waals surface area contributed by atoms with Gasteiger partial charge in [-0.15, -0.1) is 5.10 Å². The van der Waals surface area contributed by atoms with Crippen molar-refractivity contribution in [1.82, 2.24) is 19.6 Å². The summed E-state index contributed by atoms with van der Waals surface area (Å²) in [5.74, 6) is -0.147. The summed E-state index contributed by atoms with van der Waals surface area (Å²) >= 11 is 1.32. The molecule has 0 saturated heterocycles. The molecule has 2 N–H and O–H groups in total. The Kier molecular flexibility index (Phi) is 3.32. The summed E-state index contributed by atoms with van der Waals surface area (Å²) in [6.45, 7) is 6.29. The highest BCUT2D eigenvalue weighted by molar-refractivity contribution is 7.18. The van der Waals surface area contributed by atoms with E-state index in [1.165, 1.54) is 29.8 Å². The predicted octanol–water partition coefficient (Wildman–Crippen LogP) is 2.37. The maximum atomic E-state index is 11.1. The average Bonchev–Trinajstić information content (AvgIpc) is 2.96. The summed E-state index contributed by atoms with van der Waals surface area (Å²) in [5, 5.41) is 4.75. The largest absolute Gasteiger partial charge is 0.428 e. The van der Waals surface area contributed by atoms with E-state index in [0.29, 0.717) is 10.9 Å². The summed E-state index contributed by atoms with van der Waals surface area (Å²) in [4.78, 5) is 20.3. The molecule has 3 heterocycles. The van der Waals surface area contributed by atoms with Crippen molar-refractivity contribution in [2.24, 2.45) is 5.73 Å². The lowest BCUT2D eigenvalue weighted by molar-refractivity contribution is 0.0999. The minimum Gasteiger partial charge on any atom is -0.428 e. The van der Waals surface area contributed by atoms with Gasteiger partial charge in [0.1, 0.15) is 5.75 Å². The molecular formula is C14H15N5O2S. The van der Waals surface area contributed by atoms with E-state index in [2.05, 4.69) is 35.8 Å². The second-order valence-electron chi connectivity index (χ2n) is 5.85. The molecule has 0 bridgehead atoms. The van der Waals surface area contributed by atoms with Gasteiger partial charge in [0, 0.05) is 11.6 Å². The molecule has 0 unspecified atom stereocenters. The Labute approximate surface area is 130 Å². The predicted molar refractivity (Wildman–Crippen MR) is 82.4 cm³/mol. The minimum absolute atomic E-state index is 0.0336. The van der Waals surface area contributed by atoms with Crippen molar-refractivity contribution >= 4 is 22.2 Å². The Morgan fingerprint density at radius 3 is 2.77 bits per heavy atom. The maximum absolute atomic E-state index is 11.1. The number of ether oxygens (including phenoxy) is 1. The van der Waals surface area contributed by atoms with Crippen LogP contribution >= 0.6 is 11.3 Å². The normalized spacial score (nSPS) is 11.8. The van der Waals surface area contributed by atoms with E-state index in [0.717, 1.165) is 10.7 Å². The number of hydrogen-bond donors (Lipinski definition) is 1. The Bertz CT molecular complexity index is 815. The van der Waals surface area contributed by atoms with Gasteiger partial charge in [-0.05, 0) is 17.4 Å². The molecule has 0 fully saturated rings. The van der Waals surface area contributed by atoms with Crippen LogP contribution in [0.4, 0.5) is 0 Å². The fraction of sp³-hybridized carbons (Fsp3) is 0.286. The molecular weight excluding hydrogens is 302 g/mol. The number of rotatable bonds is 3. The molecule has 8 heteroatoms. The van der Waals surface area contributed by atoms with Crippen LogP contribution < -0.4 is 10.5 Å². The molecule has 3 aromatic rings. The highest BCUT2D eigenvalue weighted by Gasteiger charge is 2.19. The number of nitrogens with two attached hydrogens (primary N) is 1. The van der Waals surface area contributed by atoms with Gasteiger partial charge in [0.15, 0.2) is 0 Å². The number of primary amides is 1. The van der Waals surface area contributed by atoms with Gasteiger partial charge in [0.2, 0.25) is 10.9 Å². The van der Waals surface area contributed by atoms with Crippen molar-refractivity contribution < 1.29 is 9.53 Å². The summed E-state index contributed by atoms with van der Waals surface area (Å²) in [6, 6.07) is 1.53. The zero-order valence-electron chi connectivity index (χ0n) is 12.4. The summed E-state index contributed by atoms with van der Waals surface area (Å²) in [5.41, 5.74) is 6.44. The van der Waals surface area contributed by atoms with Gasteiger partial charge >= 0.3 is 0 Å². The van der Waals surface area contributed by atoms with E-state index in [-0.39, 0.29) is 11.0 Å². The lowest BCUT2D eigenvalue weighted by Crippen LogP contribution is -2.11. The van der Waals surface area contributed by atoms with Crippen molar-refractivity contribution in [2.45, 2.75) is 26.2 Å². The molecule has 3 rings (SSSR count). The number of hydrogen-bond acceptors (Lipinski definition) is 6. The van der Waals surface area contributed by atoms with Crippen LogP contribution in [0.5, 0.6) is 10.9 Å². The molecule has 0 aliphatic carbocycles. The monoisotopic (exact) mass is 317 g/mol. The van der Waals surface area contributed by atoms with Crippen LogP contribution in [0.1, 0.15) is 36.8 Å². The Balaban J connectivity index is 1.87. The Hall–Kier alpha value is -2.48. The van der Waals surface area contributed by atoms with E-state index >= 15 is 0 Å². The lowest BCUT2D eigenvalue weighted by Gasteiger charge is -2.13. The number of carbonyl (C=O) groups excluding carboxylic acids is 1. The number of fused-ring (bicyclic) bond motifs is 1. The van der Waals surface area contributed by atoms with Crippen molar-refractivity contribution in [2.75, 3.05) is 0 Å². The van der Waals surface area contributed by atoms with Gasteiger partial charge in [0.25, 0.3) is 5.19 Å². The second-order valence-corrected chi connectivity index (χ2v) is 6.77. The molecule has 0 spiro atoms. The molecule has 22 heavy (non-hydrogen) atoms. The Morgan fingerprint density at radius 2 is 2.14 bits per heavy atom. The third-order valence-electron chi connectivity index (χ3n) is 3.00. The first kappa shape index (κ1) is 14.5. The van der Waals surface area contributed by atoms with Gasteiger partial charge in [-0.3, -0.25) is 9.78 Å². The summed E-state index contributed by atoms with van der Waals surface area (Å²) in [6.07, 6.45) is 4.77. The zero-order chi connectivity index (χ0) is 15.9. The van der Waals surface area contributed by atoms with Gasteiger partial charge in [-0.2, -0.15) is 0 Å². The van der Waals surface area contributed by atoms with Gasteiger partial charge in [0.05, 0.1) is 23.7 Å². The highest BCUT2D eigenvalue weighted by Crippen LogP contribution is 2.29. The van der Waals surface area contributed by atoms with Gasteiger partial charge in [-0.1, -0.05) is 20.8 Å². The molecule has 0 atom stereocenters. The molecule has 1 amide bonds. The molecule has 0 aromatic carbocycles. The maximum Gasteiger partial charge on any atom is 0.299 e. The second kappa shape index (κ2) is 5.06. The van der Waals surface area contributed by atoms with Crippen LogP contribution in [-0.2, 0) is 5.41 Å². The SMILES string of the molecule is CC(C)(C)c1cn2nc(Oc3cncc(C(N)=O)c3)sc2n1. The molecule has 114 valence electrons. The Morgan fingerprint density at radius 1 is 1.36 bits per heavy atom. The first-order valence-electron chi connectivity index (χ1n) is 6.62. The molecule has 7 nitrogen and oxygen atoms in total. The highest BCUT2D eigenvalue weighted by atomic mass is 32.1. The third kappa shape index (κ3) is 2.77. The standard InChI is InChI=1S/C14H15N5O2S/c1-14(2,3)10-7-19-12(17-10)22-13(18-19)21-9-4-8(11(15)20)5-16-6-9/h4-7H,1-3H3,(H2,15,20). The first-order chi connectivity index (χ1) is 10.3. The van der Waals surface area contributed by atoms with Crippen LogP contribution in [0.25, 0.3) is 4.96 Å². The number of carbonyl (C=O) groups is 1. The third-order valence-corrected chi connectivity index (χ3v) is 3.80. The average molecular weight is 317 g/mol. The summed E-state index contributed by atoms with van der Waals surface area (Å²) in [7, 11) is 0. The minimum atomic E-state index is -0.554. The van der Waals surface area contributed by atoms with E-state index in [1.807, 2.05) is 6.20 Å². The van der Waals surface area contributed by atoms with Crippen LogP contribution in [0.2, 0.25) is 0 Å². The van der Waals surface area contributed by atoms with Crippen molar-refractivity contribution in [3.05, 3.63) is 35.9 Å². The van der Waals surface area contributed by atoms with E-state index < -0.39 is 5.91 Å². The van der Waals surface area contributed by atoms with Gasteiger partial charge in [-0.25, -0.2) is 9.50 Å². The topological polar surface area (TPSA) is 95.4 Å². The molecule has 0 radical (unpaired) electrons. The zero-order valence-corrected chi connectivity index (χ0v) is 13.2. The number of nitrogens with zero attached hydrogens (tertiary/aromatic N) is 4. The fourth-order valence-corrected chi connectivity index (χ4v) is 2.55. The summed E-state index contributed by atoms with van der Waals surface area (Å²) < 4.78 is 7.30. The van der Waals surface area contributed by atoms with Crippen molar-refractivity contribution in [1.29, 1.82) is 0 Å². The number of amides is 1. The molecule has 3 aromatic heterocycles. The van der Waals surface area contributed by atoms with Crippen molar-refractivity contribution in [3.63, 3.8) is 0 Å². The molecule has 0 aliphatic rings. The number of imidazole rings is 1. The van der Waals surface area contributed by atoms with Crippen LogP contribution in [0, 0.1) is 0 Å². The fourth-order valence-electron chi connectivity index (χ4n) is 1.79. The van der Waals surface area contributed by atoms with Crippen LogP contribution in [0.15, 0.2) is 24.7 Å². The van der Waals surface area contributed by atoms with Crippen LogP contribution in [-0.4, -0.2) is 25.5 Å². The number of pyridine rings is 1. The number of aromatic nitrogens is 4. The van der Waals surface area contributed by atoms with E-state index in [4.69, 9.17) is 10.5 Å². The van der Waals surface area contributed by atoms with Crippen LogP contribution in [0.3, 0.4) is 0 Å². The molecule has 0 aliphatic heterocycles. The first-order valence-corrected chi connectivity index (χ1v) is 7.44. The lowest BCUT2D eigenvalue weighted by atomic mass is 9.93. The quantitative estimate of drug-likeness (QED) is 0.800. The van der Waals surface area contributed by atoms with Crippen molar-refractivity contribution in [3.8, 4) is 10.9 Å².